The van der Waals surface area contributed by atoms with Crippen molar-refractivity contribution in [1.82, 2.24) is 0 Å². The Morgan fingerprint density at radius 3 is 1.90 bits per heavy atom. The van der Waals surface area contributed by atoms with Crippen molar-refractivity contribution in [2.45, 2.75) is 78.6 Å². The van der Waals surface area contributed by atoms with E-state index in [1.54, 1.807) is 0 Å². The van der Waals surface area contributed by atoms with E-state index in [4.69, 9.17) is 0 Å². The van der Waals surface area contributed by atoms with Crippen LogP contribution in [0.1, 0.15) is 72.6 Å². The summed E-state index contributed by atoms with van der Waals surface area (Å²) in [4.78, 5) is 12.2. The molecule has 0 saturated heterocycles. The number of alkyl halides is 2. The fourth-order valence-corrected chi connectivity index (χ4v) is 4.76. The summed E-state index contributed by atoms with van der Waals surface area (Å²) in [6.45, 7) is 8.21. The lowest BCUT2D eigenvalue weighted by atomic mass is 9.59. The molecular weight excluding hydrogens is 258 g/mol. The quantitative estimate of drug-likeness (QED) is 0.694. The Morgan fingerprint density at radius 1 is 1.00 bits per heavy atom. The van der Waals surface area contributed by atoms with Gasteiger partial charge in [0.15, 0.2) is 0 Å². The summed E-state index contributed by atoms with van der Waals surface area (Å²) in [5, 5.41) is 0. The average molecular weight is 286 g/mol. The first-order valence-electron chi connectivity index (χ1n) is 7.96. The van der Waals surface area contributed by atoms with Crippen LogP contribution < -0.4 is 0 Å². The molecule has 0 atom stereocenters. The molecule has 0 N–H and O–H groups in total. The summed E-state index contributed by atoms with van der Waals surface area (Å²) >= 11 is 0. The molecule has 116 valence electrons. The lowest BCUT2D eigenvalue weighted by Crippen LogP contribution is -2.47. The first kappa shape index (κ1) is 15.9. The smallest absolute Gasteiger partial charge is 0.293 e. The van der Waals surface area contributed by atoms with Gasteiger partial charge in [-0.25, -0.2) is 0 Å². The predicted octanol–water partition coefficient (Wildman–Crippen LogP) is 5.23. The molecule has 0 aliphatic heterocycles. The molecular formula is C17H28F2O. The Hall–Kier alpha value is -0.470. The van der Waals surface area contributed by atoms with Crippen molar-refractivity contribution in [3.05, 3.63) is 0 Å². The Balaban J connectivity index is 2.17. The third kappa shape index (κ3) is 3.23. The molecule has 0 bridgehead atoms. The molecule has 0 amide bonds. The monoisotopic (exact) mass is 286 g/mol. The Kier molecular flexibility index (Phi) is 4.03. The summed E-state index contributed by atoms with van der Waals surface area (Å²) < 4.78 is 29.4. The van der Waals surface area contributed by atoms with Gasteiger partial charge in [0.1, 0.15) is 0 Å². The van der Waals surface area contributed by atoms with E-state index in [9.17, 15) is 13.6 Å². The number of hydrogen-bond donors (Lipinski definition) is 0. The molecule has 0 heterocycles. The van der Waals surface area contributed by atoms with Crippen LogP contribution in [-0.2, 0) is 4.79 Å². The van der Waals surface area contributed by atoms with Gasteiger partial charge < -0.3 is 0 Å². The van der Waals surface area contributed by atoms with Crippen molar-refractivity contribution in [2.24, 2.45) is 22.7 Å². The number of carbonyl (C=O) groups excluding carboxylic acids is 1. The second-order valence-corrected chi connectivity index (χ2v) is 8.58. The normalized spacial score (nSPS) is 27.7. The highest BCUT2D eigenvalue weighted by atomic mass is 19.3. The number of rotatable bonds is 3. The predicted molar refractivity (Wildman–Crippen MR) is 76.8 cm³/mol. The first-order valence-corrected chi connectivity index (χ1v) is 7.96. The summed E-state index contributed by atoms with van der Waals surface area (Å²) in [5.74, 6) is -5.08. The van der Waals surface area contributed by atoms with Crippen LogP contribution in [-0.4, -0.2) is 11.7 Å². The van der Waals surface area contributed by atoms with Gasteiger partial charge in [0.25, 0.3) is 0 Å². The van der Waals surface area contributed by atoms with E-state index >= 15 is 0 Å². The molecule has 0 aromatic heterocycles. The zero-order valence-electron chi connectivity index (χ0n) is 13.3. The first-order chi connectivity index (χ1) is 9.04. The topological polar surface area (TPSA) is 17.1 Å². The third-order valence-corrected chi connectivity index (χ3v) is 5.12. The van der Waals surface area contributed by atoms with Crippen LogP contribution in [0.25, 0.3) is 0 Å². The van der Waals surface area contributed by atoms with Gasteiger partial charge in [-0.3, -0.25) is 4.79 Å². The summed E-state index contributed by atoms with van der Waals surface area (Å²) in [5.41, 5.74) is -0.211. The van der Waals surface area contributed by atoms with Crippen LogP contribution in [0, 0.1) is 22.7 Å². The van der Waals surface area contributed by atoms with Crippen molar-refractivity contribution in [3.63, 3.8) is 0 Å². The zero-order valence-corrected chi connectivity index (χ0v) is 13.3. The molecule has 2 aliphatic rings. The Labute approximate surface area is 121 Å². The maximum atomic E-state index is 14.7. The second kappa shape index (κ2) is 5.06. The van der Waals surface area contributed by atoms with E-state index in [1.807, 2.05) is 0 Å². The molecule has 3 heteroatoms. The molecule has 0 aromatic carbocycles. The lowest BCUT2D eigenvalue weighted by Gasteiger charge is -2.47. The number of carbonyl (C=O) groups is 1. The van der Waals surface area contributed by atoms with Crippen LogP contribution in [0.15, 0.2) is 0 Å². The van der Waals surface area contributed by atoms with Gasteiger partial charge in [0.2, 0.25) is 5.78 Å². The maximum absolute atomic E-state index is 14.7. The van der Waals surface area contributed by atoms with Gasteiger partial charge in [0, 0.05) is 11.8 Å². The molecule has 0 spiro atoms. The highest BCUT2D eigenvalue weighted by Gasteiger charge is 2.54. The molecule has 2 saturated carbocycles. The highest BCUT2D eigenvalue weighted by molar-refractivity contribution is 5.88. The van der Waals surface area contributed by atoms with Crippen molar-refractivity contribution in [2.75, 3.05) is 0 Å². The number of halogens is 2. The van der Waals surface area contributed by atoms with Crippen LogP contribution in [0.4, 0.5) is 8.78 Å². The maximum Gasteiger partial charge on any atom is 0.308 e. The third-order valence-electron chi connectivity index (χ3n) is 5.12. The highest BCUT2D eigenvalue weighted by Crippen LogP contribution is 2.53. The standard InChI is InChI=1S/C17H28F2O/c1-15(2)9-13(10-16(3,4)11-15)17(18,19)14(20)12-7-5-6-8-12/h12-13H,5-11H2,1-4H3. The average Bonchev–Trinajstić information content (AvgIpc) is 2.76. The van der Waals surface area contributed by atoms with E-state index in [0.29, 0.717) is 25.7 Å². The zero-order chi connectivity index (χ0) is 15.2. The molecule has 0 radical (unpaired) electrons. The molecule has 0 unspecified atom stereocenters. The van der Waals surface area contributed by atoms with E-state index in [2.05, 4.69) is 27.7 Å². The largest absolute Gasteiger partial charge is 0.308 e. The fourth-order valence-electron chi connectivity index (χ4n) is 4.76. The summed E-state index contributed by atoms with van der Waals surface area (Å²) in [7, 11) is 0. The van der Waals surface area contributed by atoms with Crippen molar-refractivity contribution in [1.29, 1.82) is 0 Å². The summed E-state index contributed by atoms with van der Waals surface area (Å²) in [6.07, 6.45) is 5.04. The number of hydrogen-bond acceptors (Lipinski definition) is 1. The van der Waals surface area contributed by atoms with E-state index in [-0.39, 0.29) is 10.8 Å². The van der Waals surface area contributed by atoms with Crippen LogP contribution >= 0.6 is 0 Å². The van der Waals surface area contributed by atoms with Gasteiger partial charge >= 0.3 is 5.92 Å². The van der Waals surface area contributed by atoms with Crippen molar-refractivity contribution < 1.29 is 13.6 Å². The molecule has 2 rings (SSSR count). The van der Waals surface area contributed by atoms with Crippen LogP contribution in [0.2, 0.25) is 0 Å². The molecule has 2 aliphatic carbocycles. The number of ketones is 1. The fraction of sp³-hybridized carbons (Fsp3) is 0.941. The second-order valence-electron chi connectivity index (χ2n) is 8.58. The minimum atomic E-state index is -3.13. The Bertz CT molecular complexity index is 362. The van der Waals surface area contributed by atoms with Gasteiger partial charge in [-0.05, 0) is 42.9 Å². The SMILES string of the molecule is CC1(C)CC(C(F)(F)C(=O)C2CCCC2)CC(C)(C)C1. The molecule has 0 aromatic rings. The van der Waals surface area contributed by atoms with E-state index < -0.39 is 23.5 Å². The Morgan fingerprint density at radius 2 is 1.45 bits per heavy atom. The van der Waals surface area contributed by atoms with Gasteiger partial charge in [-0.1, -0.05) is 40.5 Å². The van der Waals surface area contributed by atoms with Gasteiger partial charge in [0.05, 0.1) is 0 Å². The van der Waals surface area contributed by atoms with Crippen LogP contribution in [0.5, 0.6) is 0 Å². The minimum Gasteiger partial charge on any atom is -0.293 e. The van der Waals surface area contributed by atoms with Crippen molar-refractivity contribution in [3.8, 4) is 0 Å². The lowest BCUT2D eigenvalue weighted by molar-refractivity contribution is -0.164. The summed E-state index contributed by atoms with van der Waals surface area (Å²) in [6, 6.07) is 0. The van der Waals surface area contributed by atoms with Crippen molar-refractivity contribution >= 4 is 5.78 Å². The van der Waals surface area contributed by atoms with Crippen LogP contribution in [0.3, 0.4) is 0 Å². The number of Topliss-reactive ketones (excluding diaryl/α,β-unsaturated/α-hetero) is 1. The van der Waals surface area contributed by atoms with E-state index in [1.165, 1.54) is 0 Å². The minimum absolute atomic E-state index is 0.105. The van der Waals surface area contributed by atoms with Gasteiger partial charge in [-0.2, -0.15) is 8.78 Å². The van der Waals surface area contributed by atoms with Gasteiger partial charge in [-0.15, -0.1) is 0 Å². The molecule has 1 nitrogen and oxygen atoms in total. The molecule has 2 fully saturated rings. The molecule has 20 heavy (non-hydrogen) atoms. The van der Waals surface area contributed by atoms with E-state index in [0.717, 1.165) is 19.3 Å².